The Labute approximate surface area is 208 Å². The van der Waals surface area contributed by atoms with E-state index >= 15 is 0 Å². The van der Waals surface area contributed by atoms with Crippen LogP contribution >= 0.6 is 0 Å². The zero-order valence-electron chi connectivity index (χ0n) is 21.3. The predicted molar refractivity (Wildman–Crippen MR) is 131 cm³/mol. The molecule has 5 heteroatoms. The highest BCUT2D eigenvalue weighted by Gasteiger charge is 2.38. The van der Waals surface area contributed by atoms with Gasteiger partial charge in [0.25, 0.3) is 0 Å². The Morgan fingerprint density at radius 2 is 1.00 bits per heavy atom. The number of benzene rings is 1. The van der Waals surface area contributed by atoms with Crippen molar-refractivity contribution in [2.75, 3.05) is 0 Å². The molecule has 0 bridgehead atoms. The first kappa shape index (κ1) is 26.9. The maximum atomic E-state index is 13.9. The van der Waals surface area contributed by atoms with E-state index in [1.165, 1.54) is 77.0 Å². The van der Waals surface area contributed by atoms with Crippen molar-refractivity contribution in [2.24, 2.45) is 35.5 Å². The van der Waals surface area contributed by atoms with Gasteiger partial charge in [0.1, 0.15) is 17.2 Å². The van der Waals surface area contributed by atoms with Gasteiger partial charge in [0.05, 0.1) is 0 Å². The molecule has 3 aliphatic carbocycles. The summed E-state index contributed by atoms with van der Waals surface area (Å²) in [5, 5.41) is 0. The van der Waals surface area contributed by atoms with Gasteiger partial charge in [-0.1, -0.05) is 45.4 Å². The molecule has 0 unspecified atom stereocenters. The zero-order valence-corrected chi connectivity index (χ0v) is 21.3. The lowest BCUT2D eigenvalue weighted by molar-refractivity contribution is -0.142. The van der Waals surface area contributed by atoms with Crippen molar-refractivity contribution in [3.05, 3.63) is 34.9 Å². The number of hydrogen-bond donors (Lipinski definition) is 0. The molecular formula is C30H43F5. The van der Waals surface area contributed by atoms with Crippen molar-refractivity contribution >= 4 is 0 Å². The van der Waals surface area contributed by atoms with E-state index in [-0.39, 0.29) is 0 Å². The summed E-state index contributed by atoms with van der Waals surface area (Å²) in [4.78, 5) is 0. The summed E-state index contributed by atoms with van der Waals surface area (Å²) in [7, 11) is 0. The molecule has 0 nitrogen and oxygen atoms in total. The molecule has 1 aromatic rings. The topological polar surface area (TPSA) is 0 Å². The van der Waals surface area contributed by atoms with Crippen LogP contribution in [-0.2, 0) is 12.6 Å². The molecule has 198 valence electrons. The maximum absolute atomic E-state index is 13.9. The second-order valence-corrected chi connectivity index (χ2v) is 12.0. The van der Waals surface area contributed by atoms with E-state index in [1.54, 1.807) is 0 Å². The van der Waals surface area contributed by atoms with Crippen molar-refractivity contribution in [3.63, 3.8) is 0 Å². The van der Waals surface area contributed by atoms with Gasteiger partial charge in [-0.25, -0.2) is 8.78 Å². The van der Waals surface area contributed by atoms with Crippen LogP contribution in [0.2, 0.25) is 0 Å². The quantitative estimate of drug-likeness (QED) is 0.328. The Hall–Kier alpha value is -1.13. The lowest BCUT2D eigenvalue weighted by Crippen LogP contribution is -2.29. The van der Waals surface area contributed by atoms with Crippen molar-refractivity contribution < 1.29 is 22.0 Å². The molecule has 0 saturated heterocycles. The van der Waals surface area contributed by atoms with E-state index in [1.807, 2.05) is 0 Å². The summed E-state index contributed by atoms with van der Waals surface area (Å²) >= 11 is 0. The van der Waals surface area contributed by atoms with Gasteiger partial charge in [0.2, 0.25) is 0 Å². The van der Waals surface area contributed by atoms with Gasteiger partial charge in [0, 0.05) is 0 Å². The molecule has 0 heterocycles. The molecule has 0 spiro atoms. The smallest absolute Gasteiger partial charge is 0.206 e. The van der Waals surface area contributed by atoms with Gasteiger partial charge in [-0.05, 0) is 117 Å². The van der Waals surface area contributed by atoms with Gasteiger partial charge in [-0.2, -0.15) is 13.2 Å². The highest BCUT2D eigenvalue weighted by Crippen LogP contribution is 2.46. The van der Waals surface area contributed by atoms with Crippen LogP contribution in [0.5, 0.6) is 0 Å². The average molecular weight is 499 g/mol. The minimum Gasteiger partial charge on any atom is -0.206 e. The molecule has 0 radical (unpaired) electrons. The first-order valence-corrected chi connectivity index (χ1v) is 14.3. The summed E-state index contributed by atoms with van der Waals surface area (Å²) in [5.74, 6) is 2.10. The first-order chi connectivity index (χ1) is 16.7. The molecule has 3 aliphatic rings. The van der Waals surface area contributed by atoms with E-state index in [0.29, 0.717) is 17.9 Å². The van der Waals surface area contributed by atoms with Crippen LogP contribution in [-0.4, -0.2) is 0 Å². The fraction of sp³-hybridized carbons (Fsp3) is 0.800. The summed E-state index contributed by atoms with van der Waals surface area (Å²) in [6.45, 7) is 2.31. The normalized spacial score (nSPS) is 32.5. The molecule has 1 aromatic carbocycles. The Bertz CT molecular complexity index is 768. The third-order valence-electron chi connectivity index (χ3n) is 9.86. The van der Waals surface area contributed by atoms with Gasteiger partial charge in [-0.15, -0.1) is 0 Å². The lowest BCUT2D eigenvalue weighted by atomic mass is 9.64. The SMILES string of the molecule is CCCC1CCC(C2CCC(C3CCC(CCc4cc(F)c(C(F)(F)F)c(F)c4)CC3)CC2)CC1. The minimum atomic E-state index is -5.00. The van der Waals surface area contributed by atoms with Gasteiger partial charge >= 0.3 is 6.18 Å². The number of hydrogen-bond acceptors (Lipinski definition) is 0. The van der Waals surface area contributed by atoms with E-state index in [2.05, 4.69) is 6.92 Å². The van der Waals surface area contributed by atoms with Crippen LogP contribution in [0.4, 0.5) is 22.0 Å². The molecule has 3 fully saturated rings. The predicted octanol–water partition coefficient (Wildman–Crippen LogP) is 10.1. The fourth-order valence-electron chi connectivity index (χ4n) is 7.80. The van der Waals surface area contributed by atoms with E-state index in [0.717, 1.165) is 61.0 Å². The van der Waals surface area contributed by atoms with Gasteiger partial charge in [0.15, 0.2) is 0 Å². The Kier molecular flexibility index (Phi) is 9.19. The van der Waals surface area contributed by atoms with Crippen LogP contribution < -0.4 is 0 Å². The monoisotopic (exact) mass is 498 g/mol. The van der Waals surface area contributed by atoms with Crippen LogP contribution in [0.3, 0.4) is 0 Å². The molecule has 4 rings (SSSR count). The van der Waals surface area contributed by atoms with E-state index < -0.39 is 23.4 Å². The third-order valence-corrected chi connectivity index (χ3v) is 9.86. The molecule has 0 amide bonds. The van der Waals surface area contributed by atoms with Crippen LogP contribution in [0.25, 0.3) is 0 Å². The zero-order chi connectivity index (χ0) is 25.0. The molecule has 35 heavy (non-hydrogen) atoms. The number of rotatable bonds is 7. The van der Waals surface area contributed by atoms with Crippen molar-refractivity contribution in [3.8, 4) is 0 Å². The highest BCUT2D eigenvalue weighted by molar-refractivity contribution is 5.28. The second-order valence-electron chi connectivity index (χ2n) is 12.0. The summed E-state index contributed by atoms with van der Waals surface area (Å²) in [6, 6.07) is 1.73. The third kappa shape index (κ3) is 7.01. The minimum absolute atomic E-state index is 0.331. The van der Waals surface area contributed by atoms with Crippen molar-refractivity contribution in [2.45, 2.75) is 116 Å². The molecule has 3 saturated carbocycles. The second kappa shape index (κ2) is 11.9. The Morgan fingerprint density at radius 1 is 0.629 bits per heavy atom. The summed E-state index contributed by atoms with van der Waals surface area (Å²) in [5.41, 5.74) is -1.45. The fourth-order valence-corrected chi connectivity index (χ4v) is 7.80. The number of halogens is 5. The van der Waals surface area contributed by atoms with Crippen molar-refractivity contribution in [1.29, 1.82) is 0 Å². The summed E-state index contributed by atoms with van der Waals surface area (Å²) in [6.07, 6.45) is 15.1. The largest absolute Gasteiger partial charge is 0.422 e. The van der Waals surface area contributed by atoms with Crippen LogP contribution in [0, 0.1) is 47.1 Å². The average Bonchev–Trinajstić information content (AvgIpc) is 2.83. The molecule has 0 aliphatic heterocycles. The van der Waals surface area contributed by atoms with Crippen LogP contribution in [0.1, 0.15) is 114 Å². The van der Waals surface area contributed by atoms with E-state index in [4.69, 9.17) is 0 Å². The van der Waals surface area contributed by atoms with Gasteiger partial charge in [-0.3, -0.25) is 0 Å². The summed E-state index contributed by atoms with van der Waals surface area (Å²) < 4.78 is 66.1. The number of aryl methyl sites for hydroxylation is 1. The molecule has 0 N–H and O–H groups in total. The van der Waals surface area contributed by atoms with Gasteiger partial charge < -0.3 is 0 Å². The Morgan fingerprint density at radius 3 is 1.37 bits per heavy atom. The molecular weight excluding hydrogens is 455 g/mol. The highest BCUT2D eigenvalue weighted by atomic mass is 19.4. The maximum Gasteiger partial charge on any atom is 0.422 e. The number of alkyl halides is 3. The molecule has 0 aromatic heterocycles. The van der Waals surface area contributed by atoms with E-state index in [9.17, 15) is 22.0 Å². The Balaban J connectivity index is 1.17. The standard InChI is InChI=1S/C30H43F5/c1-2-3-20-6-10-23(11-7-20)25-14-16-26(17-15-25)24-12-8-21(9-13-24)4-5-22-18-27(31)29(28(32)19-22)30(33,34)35/h18-21,23-26H,2-17H2,1H3. The first-order valence-electron chi connectivity index (χ1n) is 14.3. The molecule has 0 atom stereocenters. The van der Waals surface area contributed by atoms with Crippen LogP contribution in [0.15, 0.2) is 12.1 Å². The lowest BCUT2D eigenvalue weighted by Gasteiger charge is -2.41. The van der Waals surface area contributed by atoms with Crippen molar-refractivity contribution in [1.82, 2.24) is 0 Å².